The van der Waals surface area contributed by atoms with Gasteiger partial charge in [0.15, 0.2) is 0 Å². The van der Waals surface area contributed by atoms with E-state index in [1.54, 1.807) is 4.90 Å². The third-order valence-electron chi connectivity index (χ3n) is 8.08. The van der Waals surface area contributed by atoms with Crippen LogP contribution in [0.25, 0.3) is 0 Å². The number of ether oxygens (including phenoxy) is 1. The molecule has 3 heterocycles. The highest BCUT2D eigenvalue weighted by Gasteiger charge is 2.44. The van der Waals surface area contributed by atoms with E-state index in [0.29, 0.717) is 58.4 Å². The lowest BCUT2D eigenvalue weighted by Gasteiger charge is -2.40. The Morgan fingerprint density at radius 1 is 1.15 bits per heavy atom. The lowest BCUT2D eigenvalue weighted by Crippen LogP contribution is -2.58. The maximum Gasteiger partial charge on any atom is 0.242 e. The number of unbranched alkanes of at least 4 members (excludes halogenated alkanes) is 1. The highest BCUT2D eigenvalue weighted by atomic mass is 16.5. The summed E-state index contributed by atoms with van der Waals surface area (Å²) in [5, 5.41) is 12.7. The van der Waals surface area contributed by atoms with Crippen LogP contribution < -0.4 is 21.3 Å². The molecular weight excluding hydrogens is 498 g/mol. The van der Waals surface area contributed by atoms with E-state index in [0.717, 1.165) is 19.3 Å². The second-order valence-electron chi connectivity index (χ2n) is 13.2. The lowest BCUT2D eigenvalue weighted by molar-refractivity contribution is -0.143. The number of amides is 4. The van der Waals surface area contributed by atoms with Gasteiger partial charge in [-0.3, -0.25) is 19.2 Å². The predicted octanol–water partition coefficient (Wildman–Crippen LogP) is 1.87. The van der Waals surface area contributed by atoms with E-state index < -0.39 is 11.5 Å². The van der Waals surface area contributed by atoms with Gasteiger partial charge in [0.2, 0.25) is 23.6 Å². The molecular formula is C29H51N5O5. The first-order valence-electron chi connectivity index (χ1n) is 14.9. The first-order chi connectivity index (χ1) is 18.4. The first-order valence-corrected chi connectivity index (χ1v) is 14.9. The van der Waals surface area contributed by atoms with Gasteiger partial charge >= 0.3 is 0 Å². The molecule has 3 aliphatic heterocycles. The summed E-state index contributed by atoms with van der Waals surface area (Å²) in [5.74, 6) is -0.339. The second-order valence-corrected chi connectivity index (χ2v) is 13.2. The number of hydrogen-bond acceptors (Lipinski definition) is 6. The summed E-state index contributed by atoms with van der Waals surface area (Å²) in [4.78, 5) is 54.5. The zero-order valence-corrected chi connectivity index (χ0v) is 24.7. The Kier molecular flexibility index (Phi) is 11.2. The van der Waals surface area contributed by atoms with Gasteiger partial charge in [0.25, 0.3) is 0 Å². The van der Waals surface area contributed by atoms with Crippen LogP contribution in [0, 0.1) is 10.8 Å². The maximum atomic E-state index is 13.6. The molecule has 0 aromatic rings. The Balaban J connectivity index is 1.70. The Labute approximate surface area is 234 Å². The lowest BCUT2D eigenvalue weighted by atomic mass is 9.78. The summed E-state index contributed by atoms with van der Waals surface area (Å²) in [5.41, 5.74) is -0.799. The Bertz CT molecular complexity index is 865. The maximum absolute atomic E-state index is 13.6. The monoisotopic (exact) mass is 549 g/mol. The molecule has 4 N–H and O–H groups in total. The minimum absolute atomic E-state index is 0.0425. The molecule has 222 valence electrons. The summed E-state index contributed by atoms with van der Waals surface area (Å²) in [7, 11) is 0. The predicted molar refractivity (Wildman–Crippen MR) is 150 cm³/mol. The molecule has 3 atom stereocenters. The highest BCUT2D eigenvalue weighted by Crippen LogP contribution is 2.32. The quantitative estimate of drug-likeness (QED) is 0.342. The summed E-state index contributed by atoms with van der Waals surface area (Å²) in [6.07, 6.45) is 5.24. The van der Waals surface area contributed by atoms with Gasteiger partial charge in [-0.05, 0) is 50.4 Å². The minimum atomic E-state index is -0.741. The van der Waals surface area contributed by atoms with E-state index in [2.05, 4.69) is 35.1 Å². The third-order valence-corrected chi connectivity index (χ3v) is 8.08. The number of hydrogen-bond donors (Lipinski definition) is 4. The molecule has 39 heavy (non-hydrogen) atoms. The van der Waals surface area contributed by atoms with Crippen molar-refractivity contribution in [1.29, 1.82) is 0 Å². The van der Waals surface area contributed by atoms with Crippen molar-refractivity contribution in [2.45, 2.75) is 117 Å². The van der Waals surface area contributed by atoms with Gasteiger partial charge in [-0.25, -0.2) is 0 Å². The van der Waals surface area contributed by atoms with Crippen molar-refractivity contribution in [2.75, 3.05) is 32.8 Å². The molecule has 4 amide bonds. The number of nitrogens with zero attached hydrogens (tertiary/aromatic N) is 1. The van der Waals surface area contributed by atoms with Gasteiger partial charge in [0.05, 0.1) is 5.41 Å². The van der Waals surface area contributed by atoms with Gasteiger partial charge in [-0.2, -0.15) is 0 Å². The van der Waals surface area contributed by atoms with E-state index >= 15 is 0 Å². The molecule has 0 radical (unpaired) electrons. The van der Waals surface area contributed by atoms with Gasteiger partial charge < -0.3 is 30.9 Å². The molecule has 3 aliphatic rings. The standard InChI is InChI=1S/C29H51N5O5/c1-20(2)32-22-9-13-34-23(16-22)26(37)31-19-29(10-14-39-15-11-29)27(38)33-21(17-25(34)36)8-6-7-12-30-24(35)18-28(3,4)5/h20-23,32H,6-19H2,1-5H3,(H,30,35)(H,31,37)(H,33,38)/t21-,22+,23-/m0/s1. The van der Waals surface area contributed by atoms with Crippen molar-refractivity contribution in [2.24, 2.45) is 10.8 Å². The summed E-state index contributed by atoms with van der Waals surface area (Å²) in [6.45, 7) is 12.6. The van der Waals surface area contributed by atoms with Crippen LogP contribution >= 0.6 is 0 Å². The van der Waals surface area contributed by atoms with E-state index in [1.165, 1.54) is 0 Å². The summed E-state index contributed by atoms with van der Waals surface area (Å²) >= 11 is 0. The third kappa shape index (κ3) is 9.45. The van der Waals surface area contributed by atoms with Crippen LogP contribution in [0.3, 0.4) is 0 Å². The van der Waals surface area contributed by atoms with Crippen molar-refractivity contribution in [3.8, 4) is 0 Å². The second kappa shape index (κ2) is 13.9. The van der Waals surface area contributed by atoms with Crippen molar-refractivity contribution < 1.29 is 23.9 Å². The number of carbonyl (C=O) groups excluding carboxylic acids is 4. The molecule has 3 fully saturated rings. The van der Waals surface area contributed by atoms with Gasteiger partial charge in [-0.15, -0.1) is 0 Å². The van der Waals surface area contributed by atoms with Crippen LogP contribution in [-0.2, 0) is 23.9 Å². The topological polar surface area (TPSA) is 129 Å². The molecule has 0 unspecified atom stereocenters. The molecule has 0 aromatic carbocycles. The number of fused-ring (bicyclic) bond motifs is 1. The minimum Gasteiger partial charge on any atom is -0.381 e. The van der Waals surface area contributed by atoms with Crippen LogP contribution in [-0.4, -0.2) is 85.5 Å². The fourth-order valence-electron chi connectivity index (χ4n) is 5.94. The molecule has 3 rings (SSSR count). The fourth-order valence-corrected chi connectivity index (χ4v) is 5.94. The number of rotatable bonds is 8. The van der Waals surface area contributed by atoms with Crippen LogP contribution in [0.1, 0.15) is 92.4 Å². The zero-order chi connectivity index (χ0) is 28.6. The van der Waals surface area contributed by atoms with Gasteiger partial charge in [0, 0.05) is 63.8 Å². The van der Waals surface area contributed by atoms with E-state index in [-0.39, 0.29) is 60.1 Å². The first kappa shape index (κ1) is 31.3. The fraction of sp³-hybridized carbons (Fsp3) is 0.862. The molecule has 1 spiro atoms. The van der Waals surface area contributed by atoms with Crippen LogP contribution in [0.2, 0.25) is 0 Å². The zero-order valence-electron chi connectivity index (χ0n) is 24.7. The number of nitrogens with one attached hydrogen (secondary N) is 4. The van der Waals surface area contributed by atoms with E-state index in [1.807, 2.05) is 20.8 Å². The van der Waals surface area contributed by atoms with Crippen LogP contribution in [0.4, 0.5) is 0 Å². The average Bonchev–Trinajstić information content (AvgIpc) is 2.86. The Hall–Kier alpha value is -2.20. The highest BCUT2D eigenvalue weighted by molar-refractivity contribution is 5.90. The van der Waals surface area contributed by atoms with E-state index in [4.69, 9.17) is 4.74 Å². The van der Waals surface area contributed by atoms with Crippen molar-refractivity contribution in [3.63, 3.8) is 0 Å². The SMILES string of the molecule is CC(C)N[C@@H]1CCN2C(=O)C[C@H](CCCCNC(=O)CC(C)(C)C)NC(=O)C3(CCOCC3)CNC(=O)[C@@H]2C1. The van der Waals surface area contributed by atoms with Gasteiger partial charge in [0.1, 0.15) is 6.04 Å². The summed E-state index contributed by atoms with van der Waals surface area (Å²) < 4.78 is 5.55. The molecule has 3 saturated heterocycles. The smallest absolute Gasteiger partial charge is 0.242 e. The van der Waals surface area contributed by atoms with Crippen molar-refractivity contribution in [3.05, 3.63) is 0 Å². The average molecular weight is 550 g/mol. The molecule has 10 nitrogen and oxygen atoms in total. The van der Waals surface area contributed by atoms with E-state index in [9.17, 15) is 19.2 Å². The molecule has 0 aliphatic carbocycles. The molecule has 0 aromatic heterocycles. The summed E-state index contributed by atoms with van der Waals surface area (Å²) in [6, 6.07) is -0.421. The molecule has 0 bridgehead atoms. The number of carbonyl (C=O) groups is 4. The Morgan fingerprint density at radius 3 is 2.54 bits per heavy atom. The van der Waals surface area contributed by atoms with Crippen LogP contribution in [0.5, 0.6) is 0 Å². The number of piperidine rings is 1. The normalized spacial score (nSPS) is 26.5. The van der Waals surface area contributed by atoms with Gasteiger partial charge in [-0.1, -0.05) is 34.6 Å². The molecule has 10 heteroatoms. The molecule has 0 saturated carbocycles. The van der Waals surface area contributed by atoms with Crippen LogP contribution in [0.15, 0.2) is 0 Å². The van der Waals surface area contributed by atoms with Crippen molar-refractivity contribution >= 4 is 23.6 Å². The largest absolute Gasteiger partial charge is 0.381 e. The van der Waals surface area contributed by atoms with Crippen molar-refractivity contribution in [1.82, 2.24) is 26.2 Å². The Morgan fingerprint density at radius 2 is 1.87 bits per heavy atom.